The van der Waals surface area contributed by atoms with Crippen LogP contribution in [0.3, 0.4) is 0 Å². The van der Waals surface area contributed by atoms with Crippen molar-refractivity contribution in [1.82, 2.24) is 0 Å². The fourth-order valence-corrected chi connectivity index (χ4v) is 0.235. The van der Waals surface area contributed by atoms with Gasteiger partial charge in [-0.3, -0.25) is 5.26 Å². The lowest BCUT2D eigenvalue weighted by molar-refractivity contribution is -0.276. The Kier molecular flexibility index (Phi) is 3.98. The van der Waals surface area contributed by atoms with Crippen molar-refractivity contribution < 1.29 is 15.3 Å². The van der Waals surface area contributed by atoms with Crippen LogP contribution in [-0.4, -0.2) is 23.1 Å². The summed E-state index contributed by atoms with van der Waals surface area (Å²) in [6, 6.07) is 0. The van der Waals surface area contributed by atoms with Crippen LogP contribution in [0.5, 0.6) is 0 Å². The van der Waals surface area contributed by atoms with E-state index >= 15 is 0 Å². The molecule has 3 heteroatoms. The van der Waals surface area contributed by atoms with E-state index in [-0.39, 0.29) is 12.7 Å². The normalized spacial score (nSPS) is 14.1. The maximum atomic E-state index is 8.18. The predicted octanol–water partition coefficient (Wildman–Crippen LogP) is 0.247. The third-order valence-electron chi connectivity index (χ3n) is 0.716. The van der Waals surface area contributed by atoms with E-state index in [9.17, 15) is 0 Å². The Bertz CT molecular complexity index is 37.9. The Labute approximate surface area is 42.5 Å². The first-order valence-corrected chi connectivity index (χ1v) is 2.22. The summed E-state index contributed by atoms with van der Waals surface area (Å²) in [4.78, 5) is 3.83. The second kappa shape index (κ2) is 4.05. The van der Waals surface area contributed by atoms with Crippen LogP contribution in [0.2, 0.25) is 0 Å². The highest BCUT2D eigenvalue weighted by atomic mass is 17.1. The van der Waals surface area contributed by atoms with E-state index < -0.39 is 0 Å². The minimum Gasteiger partial charge on any atom is -0.396 e. The van der Waals surface area contributed by atoms with Crippen molar-refractivity contribution in [1.29, 1.82) is 0 Å². The highest BCUT2D eigenvalue weighted by Crippen LogP contribution is 1.90. The SMILES string of the molecule is CC(CCO)OO. The van der Waals surface area contributed by atoms with Gasteiger partial charge in [0.25, 0.3) is 0 Å². The van der Waals surface area contributed by atoms with Gasteiger partial charge in [0.05, 0.1) is 6.10 Å². The molecular formula is C4H10O3. The van der Waals surface area contributed by atoms with Crippen LogP contribution >= 0.6 is 0 Å². The first kappa shape index (κ1) is 6.88. The van der Waals surface area contributed by atoms with E-state index in [0.717, 1.165) is 0 Å². The van der Waals surface area contributed by atoms with Gasteiger partial charge in [-0.05, 0) is 13.3 Å². The molecule has 0 bridgehead atoms. The second-order valence-electron chi connectivity index (χ2n) is 1.43. The maximum Gasteiger partial charge on any atom is 0.0921 e. The van der Waals surface area contributed by atoms with Crippen molar-refractivity contribution in [2.24, 2.45) is 0 Å². The van der Waals surface area contributed by atoms with E-state index in [1.165, 1.54) is 0 Å². The molecule has 3 nitrogen and oxygen atoms in total. The average Bonchev–Trinajstić information content (AvgIpc) is 1.68. The first-order valence-electron chi connectivity index (χ1n) is 2.22. The van der Waals surface area contributed by atoms with Crippen molar-refractivity contribution >= 4 is 0 Å². The minimum atomic E-state index is -0.245. The first-order chi connectivity index (χ1) is 3.31. The quantitative estimate of drug-likeness (QED) is 0.400. The Morgan fingerprint density at radius 1 is 1.71 bits per heavy atom. The summed E-state index contributed by atoms with van der Waals surface area (Å²) in [7, 11) is 0. The number of hydrogen-bond acceptors (Lipinski definition) is 3. The Morgan fingerprint density at radius 3 is 2.43 bits per heavy atom. The topological polar surface area (TPSA) is 49.7 Å². The molecule has 0 rings (SSSR count). The molecule has 2 N–H and O–H groups in total. The molecule has 0 spiro atoms. The predicted molar refractivity (Wildman–Crippen MR) is 24.9 cm³/mol. The van der Waals surface area contributed by atoms with Gasteiger partial charge in [-0.2, -0.15) is 0 Å². The molecule has 0 radical (unpaired) electrons. The van der Waals surface area contributed by atoms with Crippen molar-refractivity contribution in [3.63, 3.8) is 0 Å². The third kappa shape index (κ3) is 3.72. The monoisotopic (exact) mass is 106 g/mol. The zero-order valence-electron chi connectivity index (χ0n) is 4.29. The van der Waals surface area contributed by atoms with Gasteiger partial charge in [0.15, 0.2) is 0 Å². The van der Waals surface area contributed by atoms with Crippen LogP contribution in [0.15, 0.2) is 0 Å². The molecule has 0 aromatic rings. The van der Waals surface area contributed by atoms with Crippen molar-refractivity contribution in [2.75, 3.05) is 6.61 Å². The molecule has 0 aromatic heterocycles. The molecule has 0 aliphatic carbocycles. The van der Waals surface area contributed by atoms with Gasteiger partial charge in [0.1, 0.15) is 0 Å². The summed E-state index contributed by atoms with van der Waals surface area (Å²) in [5.74, 6) is 0. The molecular weight excluding hydrogens is 96.0 g/mol. The fraction of sp³-hybridized carbons (Fsp3) is 1.00. The van der Waals surface area contributed by atoms with Crippen molar-refractivity contribution in [2.45, 2.75) is 19.4 Å². The average molecular weight is 106 g/mol. The summed E-state index contributed by atoms with van der Waals surface area (Å²) in [6.45, 7) is 1.73. The Morgan fingerprint density at radius 2 is 2.29 bits per heavy atom. The molecule has 0 heterocycles. The molecule has 7 heavy (non-hydrogen) atoms. The molecule has 1 unspecified atom stereocenters. The summed E-state index contributed by atoms with van der Waals surface area (Å²) in [6.07, 6.45) is 0.237. The highest BCUT2D eigenvalue weighted by molar-refractivity contribution is 4.42. The number of aliphatic hydroxyl groups excluding tert-OH is 1. The summed E-state index contributed by atoms with van der Waals surface area (Å²) < 4.78 is 0. The number of hydrogen-bond donors (Lipinski definition) is 2. The lowest BCUT2D eigenvalue weighted by Gasteiger charge is -2.01. The fourth-order valence-electron chi connectivity index (χ4n) is 0.235. The lowest BCUT2D eigenvalue weighted by Crippen LogP contribution is -2.06. The maximum absolute atomic E-state index is 8.18. The highest BCUT2D eigenvalue weighted by Gasteiger charge is 1.96. The van der Waals surface area contributed by atoms with E-state index in [4.69, 9.17) is 10.4 Å². The van der Waals surface area contributed by atoms with Crippen molar-refractivity contribution in [3.8, 4) is 0 Å². The van der Waals surface area contributed by atoms with Gasteiger partial charge in [0.2, 0.25) is 0 Å². The van der Waals surface area contributed by atoms with E-state index in [1.807, 2.05) is 0 Å². The Hall–Kier alpha value is -0.120. The molecule has 0 saturated heterocycles. The molecule has 0 amide bonds. The molecule has 0 fully saturated rings. The van der Waals surface area contributed by atoms with Crippen LogP contribution in [0.1, 0.15) is 13.3 Å². The van der Waals surface area contributed by atoms with Gasteiger partial charge in [-0.15, -0.1) is 0 Å². The second-order valence-corrected chi connectivity index (χ2v) is 1.43. The van der Waals surface area contributed by atoms with Crippen LogP contribution in [0.25, 0.3) is 0 Å². The molecule has 1 atom stereocenters. The van der Waals surface area contributed by atoms with Gasteiger partial charge in [-0.1, -0.05) is 0 Å². The van der Waals surface area contributed by atoms with E-state index in [0.29, 0.717) is 6.42 Å². The van der Waals surface area contributed by atoms with Gasteiger partial charge >= 0.3 is 0 Å². The van der Waals surface area contributed by atoms with Gasteiger partial charge in [-0.25, -0.2) is 4.89 Å². The van der Waals surface area contributed by atoms with Gasteiger partial charge < -0.3 is 5.11 Å². The zero-order valence-corrected chi connectivity index (χ0v) is 4.29. The van der Waals surface area contributed by atoms with Gasteiger partial charge in [0, 0.05) is 6.61 Å². The summed E-state index contributed by atoms with van der Waals surface area (Å²) in [5.41, 5.74) is 0. The van der Waals surface area contributed by atoms with E-state index in [2.05, 4.69) is 4.89 Å². The lowest BCUT2D eigenvalue weighted by atomic mass is 10.3. The summed E-state index contributed by atoms with van der Waals surface area (Å²) in [5, 5.41) is 16.0. The largest absolute Gasteiger partial charge is 0.396 e. The molecule has 44 valence electrons. The Balaban J connectivity index is 2.83. The smallest absolute Gasteiger partial charge is 0.0921 e. The summed E-state index contributed by atoms with van der Waals surface area (Å²) >= 11 is 0. The van der Waals surface area contributed by atoms with E-state index in [1.54, 1.807) is 6.92 Å². The standard InChI is InChI=1S/C4H10O3/c1-4(7-6)2-3-5/h4-6H,2-3H2,1H3. The number of rotatable bonds is 3. The molecule has 0 saturated carbocycles. The zero-order chi connectivity index (χ0) is 5.70. The molecule has 0 aliphatic heterocycles. The van der Waals surface area contributed by atoms with Crippen LogP contribution in [0, 0.1) is 0 Å². The molecule has 0 aliphatic rings. The van der Waals surface area contributed by atoms with Crippen LogP contribution in [0.4, 0.5) is 0 Å². The van der Waals surface area contributed by atoms with Crippen molar-refractivity contribution in [3.05, 3.63) is 0 Å². The molecule has 0 aromatic carbocycles. The van der Waals surface area contributed by atoms with Crippen LogP contribution < -0.4 is 0 Å². The minimum absolute atomic E-state index is 0.0573. The third-order valence-corrected chi connectivity index (χ3v) is 0.716. The number of aliphatic hydroxyl groups is 1. The van der Waals surface area contributed by atoms with Crippen LogP contribution in [-0.2, 0) is 4.89 Å².